The summed E-state index contributed by atoms with van der Waals surface area (Å²) >= 11 is 7.89. The number of benzene rings is 3. The molecule has 2 aromatic heterocycles. The van der Waals surface area contributed by atoms with Crippen molar-refractivity contribution in [3.8, 4) is 22.1 Å². The minimum atomic E-state index is -1.30. The van der Waals surface area contributed by atoms with Gasteiger partial charge in [-0.05, 0) is 91.9 Å². The van der Waals surface area contributed by atoms with Crippen LogP contribution >= 0.6 is 22.9 Å². The Morgan fingerprint density at radius 2 is 1.73 bits per heavy atom. The van der Waals surface area contributed by atoms with Crippen molar-refractivity contribution in [3.05, 3.63) is 100 Å². The Labute approximate surface area is 326 Å². The Hall–Kier alpha value is -5.26. The van der Waals surface area contributed by atoms with Gasteiger partial charge in [0.15, 0.2) is 0 Å². The average Bonchev–Trinajstić information content (AvgIpc) is 3.85. The van der Waals surface area contributed by atoms with Crippen molar-refractivity contribution < 1.29 is 29.0 Å². The van der Waals surface area contributed by atoms with Crippen LogP contribution < -0.4 is 14.5 Å². The summed E-state index contributed by atoms with van der Waals surface area (Å²) in [5.41, 5.74) is 3.42. The van der Waals surface area contributed by atoms with Crippen LogP contribution in [0.4, 0.5) is 11.5 Å². The van der Waals surface area contributed by atoms with Crippen LogP contribution in [0.2, 0.25) is 5.02 Å². The number of aromatic nitrogens is 2. The fraction of sp³-hybridized carbons (Fsp3) is 0.326. The molecule has 0 bridgehead atoms. The first kappa shape index (κ1) is 35.4. The van der Waals surface area contributed by atoms with E-state index in [9.17, 15) is 19.5 Å². The molecule has 0 spiro atoms. The second-order valence-electron chi connectivity index (χ2n) is 15.3. The summed E-state index contributed by atoms with van der Waals surface area (Å²) in [6.07, 6.45) is 3.37. The number of amides is 4. The third-order valence-corrected chi connectivity index (χ3v) is 14.2. The second kappa shape index (κ2) is 12.6. The maximum atomic E-state index is 15.2. The fourth-order valence-electron chi connectivity index (χ4n) is 9.87. The highest BCUT2D eigenvalue weighted by Crippen LogP contribution is 2.64. The number of halogens is 1. The molecule has 3 aromatic carbocycles. The summed E-state index contributed by atoms with van der Waals surface area (Å²) in [6, 6.07) is 19.8. The minimum absolute atomic E-state index is 0.00896. The Balaban J connectivity index is 1.16. The summed E-state index contributed by atoms with van der Waals surface area (Å²) in [7, 11) is 3.22. The lowest BCUT2D eigenvalue weighted by Crippen LogP contribution is -2.49. The number of hydrogen-bond acceptors (Lipinski definition) is 8. The van der Waals surface area contributed by atoms with E-state index >= 15 is 4.79 Å². The molecule has 4 aliphatic rings. The molecule has 5 aromatic rings. The first-order valence-corrected chi connectivity index (χ1v) is 19.7. The van der Waals surface area contributed by atoms with Crippen LogP contribution in [0.25, 0.3) is 20.7 Å². The number of ether oxygens (including phenoxy) is 1. The van der Waals surface area contributed by atoms with Gasteiger partial charge in [0.05, 0.1) is 40.8 Å². The molecule has 280 valence electrons. The van der Waals surface area contributed by atoms with E-state index in [1.54, 1.807) is 41.3 Å². The SMILES string of the molecule is CCc1ccc(N2C(=O)[C@H]3[C@H](CC=C4[C@H]3C[C@H]3C(=O)N(c5cc(-c6sc7ccc(Cl)cc7c6C)nn5C)C(=O)[C@@]3(C)[C@H]4c3ccc(O)cc3OC)C2=O)cc1. The van der Waals surface area contributed by atoms with Crippen LogP contribution in [0.15, 0.2) is 78.4 Å². The summed E-state index contributed by atoms with van der Waals surface area (Å²) < 4.78 is 8.43. The van der Waals surface area contributed by atoms with Gasteiger partial charge in [0.25, 0.3) is 0 Å². The molecule has 3 fully saturated rings. The molecular formula is C43H39ClN4O6S. The summed E-state index contributed by atoms with van der Waals surface area (Å²) in [5.74, 6) is -3.95. The van der Waals surface area contributed by atoms with Gasteiger partial charge in [-0.3, -0.25) is 28.8 Å². The van der Waals surface area contributed by atoms with Gasteiger partial charge < -0.3 is 9.84 Å². The van der Waals surface area contributed by atoms with Crippen molar-refractivity contribution >= 4 is 68.2 Å². The molecule has 6 atom stereocenters. The maximum absolute atomic E-state index is 15.2. The zero-order valence-electron chi connectivity index (χ0n) is 31.0. The molecular weight excluding hydrogens is 736 g/mol. The number of imide groups is 2. The number of aromatic hydroxyl groups is 1. The van der Waals surface area contributed by atoms with E-state index in [1.807, 2.05) is 69.3 Å². The minimum Gasteiger partial charge on any atom is -0.508 e. The monoisotopic (exact) mass is 774 g/mol. The van der Waals surface area contributed by atoms with Crippen molar-refractivity contribution in [2.45, 2.75) is 46.0 Å². The van der Waals surface area contributed by atoms with E-state index in [-0.39, 0.29) is 35.8 Å². The number of allylic oxidation sites excluding steroid dienone is 2. The largest absolute Gasteiger partial charge is 0.508 e. The molecule has 10 nitrogen and oxygen atoms in total. The van der Waals surface area contributed by atoms with Gasteiger partial charge in [-0.1, -0.05) is 48.4 Å². The molecule has 1 N–H and O–H groups in total. The van der Waals surface area contributed by atoms with Crippen molar-refractivity contribution in [3.63, 3.8) is 0 Å². The van der Waals surface area contributed by atoms with Gasteiger partial charge in [-0.2, -0.15) is 5.10 Å². The first-order chi connectivity index (χ1) is 26.4. The number of phenolic OH excluding ortho intramolecular Hbond substituents is 1. The topological polar surface area (TPSA) is 122 Å². The number of thiophene rings is 1. The van der Waals surface area contributed by atoms with E-state index in [2.05, 4.69) is 0 Å². The highest BCUT2D eigenvalue weighted by molar-refractivity contribution is 7.22. The zero-order valence-corrected chi connectivity index (χ0v) is 32.6. The summed E-state index contributed by atoms with van der Waals surface area (Å²) in [5, 5.41) is 16.9. The standard InChI is InChI=1S/C43H39ClN4O6S/c1-6-22-7-10-24(11-8-22)47-39(50)28-15-14-26-30(36(28)41(47)52)19-31-40(51)48(42(53)43(31,3)37(26)27-13-12-25(49)18-33(27)54-5)35-20-32(45-46(35)4)38-21(2)29-17-23(44)9-16-34(29)55-38/h7-14,16-18,20,28,30-31,36-37,49H,6,15,19H2,1-5H3/t28-,30+,31-,36-,37+,43+/m0/s1. The maximum Gasteiger partial charge on any atom is 0.242 e. The Kier molecular flexibility index (Phi) is 8.15. The van der Waals surface area contributed by atoms with Crippen molar-refractivity contribution in [2.75, 3.05) is 16.9 Å². The van der Waals surface area contributed by atoms with Crippen LogP contribution in [0.1, 0.15) is 49.3 Å². The average molecular weight is 775 g/mol. The van der Waals surface area contributed by atoms with Gasteiger partial charge in [0.2, 0.25) is 23.6 Å². The number of carbonyl (C=O) groups excluding carboxylic acids is 4. The molecule has 55 heavy (non-hydrogen) atoms. The molecule has 2 aliphatic heterocycles. The molecule has 12 heteroatoms. The van der Waals surface area contributed by atoms with Crippen LogP contribution in [0, 0.1) is 36.0 Å². The molecule has 4 amide bonds. The lowest BCUT2D eigenvalue weighted by atomic mass is 9.51. The van der Waals surface area contributed by atoms with E-state index in [0.717, 1.165) is 38.1 Å². The van der Waals surface area contributed by atoms with E-state index in [0.29, 0.717) is 40.0 Å². The number of phenols is 1. The normalized spacial score (nSPS) is 26.1. The van der Waals surface area contributed by atoms with E-state index < -0.39 is 35.0 Å². The molecule has 9 rings (SSSR count). The molecule has 0 radical (unpaired) electrons. The third-order valence-electron chi connectivity index (χ3n) is 12.6. The number of carbonyl (C=O) groups is 4. The first-order valence-electron chi connectivity index (χ1n) is 18.5. The van der Waals surface area contributed by atoms with Gasteiger partial charge in [0.1, 0.15) is 23.0 Å². The van der Waals surface area contributed by atoms with Gasteiger partial charge in [-0.15, -0.1) is 11.3 Å². The summed E-state index contributed by atoms with van der Waals surface area (Å²) in [6.45, 7) is 5.89. The highest BCUT2D eigenvalue weighted by atomic mass is 35.5. The fourth-order valence-corrected chi connectivity index (χ4v) is 11.2. The number of anilines is 2. The van der Waals surface area contributed by atoms with Crippen LogP contribution in [0.5, 0.6) is 11.5 Å². The Morgan fingerprint density at radius 3 is 2.45 bits per heavy atom. The number of rotatable bonds is 6. The van der Waals surface area contributed by atoms with Crippen molar-refractivity contribution in [1.29, 1.82) is 0 Å². The van der Waals surface area contributed by atoms with E-state index in [1.165, 1.54) is 23.0 Å². The van der Waals surface area contributed by atoms with Crippen molar-refractivity contribution in [2.24, 2.45) is 36.1 Å². The predicted molar refractivity (Wildman–Crippen MR) is 211 cm³/mol. The van der Waals surface area contributed by atoms with Gasteiger partial charge in [-0.25, -0.2) is 4.90 Å². The third kappa shape index (κ3) is 5.01. The molecule has 0 unspecified atom stereocenters. The van der Waals surface area contributed by atoms with Crippen molar-refractivity contribution in [1.82, 2.24) is 9.78 Å². The van der Waals surface area contributed by atoms with Gasteiger partial charge in [0, 0.05) is 40.4 Å². The number of methoxy groups -OCH3 is 1. The number of aryl methyl sites for hydroxylation is 3. The summed E-state index contributed by atoms with van der Waals surface area (Å²) in [4.78, 5) is 62.2. The molecule has 4 heterocycles. The number of nitrogens with zero attached hydrogens (tertiary/aromatic N) is 4. The number of fused-ring (bicyclic) bond motifs is 5. The highest BCUT2D eigenvalue weighted by Gasteiger charge is 2.68. The second-order valence-corrected chi connectivity index (χ2v) is 16.8. The lowest BCUT2D eigenvalue weighted by molar-refractivity contribution is -0.131. The van der Waals surface area contributed by atoms with Crippen LogP contribution in [0.3, 0.4) is 0 Å². The lowest BCUT2D eigenvalue weighted by Gasteiger charge is -2.49. The zero-order chi connectivity index (χ0) is 38.7. The smallest absolute Gasteiger partial charge is 0.242 e. The predicted octanol–water partition coefficient (Wildman–Crippen LogP) is 7.98. The van der Waals surface area contributed by atoms with E-state index in [4.69, 9.17) is 21.4 Å². The van der Waals surface area contributed by atoms with Crippen LogP contribution in [-0.4, -0.2) is 45.6 Å². The Bertz CT molecular complexity index is 2520. The number of hydrogen-bond donors (Lipinski definition) is 1. The Morgan fingerprint density at radius 1 is 0.964 bits per heavy atom. The quantitative estimate of drug-likeness (QED) is 0.137. The molecule has 2 aliphatic carbocycles. The van der Waals surface area contributed by atoms with Gasteiger partial charge >= 0.3 is 0 Å². The van der Waals surface area contributed by atoms with Crippen LogP contribution in [-0.2, 0) is 32.6 Å². The molecule has 2 saturated heterocycles. The molecule has 1 saturated carbocycles.